The number of β-amino-alcohol motifs (C(OH)–C–C–N with tert-alkyl or cyclic N) is 1. The highest BCUT2D eigenvalue weighted by Crippen LogP contribution is 2.52. The van der Waals surface area contributed by atoms with Crippen molar-refractivity contribution >= 4 is 23.2 Å². The lowest BCUT2D eigenvalue weighted by molar-refractivity contribution is -0.376. The summed E-state index contributed by atoms with van der Waals surface area (Å²) in [4.78, 5) is 32.2. The number of hydrogen-bond donors (Lipinski definition) is 3. The van der Waals surface area contributed by atoms with Crippen molar-refractivity contribution in [1.82, 2.24) is 14.8 Å². The lowest BCUT2D eigenvalue weighted by Crippen LogP contribution is -2.72. The van der Waals surface area contributed by atoms with Gasteiger partial charge in [-0.1, -0.05) is 12.1 Å². The van der Waals surface area contributed by atoms with Crippen molar-refractivity contribution in [1.29, 1.82) is 0 Å². The zero-order valence-electron chi connectivity index (χ0n) is 23.2. The Morgan fingerprint density at radius 1 is 0.977 bits per heavy atom. The molecule has 18 heteroatoms. The molecule has 2 amide bonds. The molecule has 0 unspecified atom stereocenters. The minimum atomic E-state index is -6.46. The monoisotopic (exact) mass is 663 g/mol. The van der Waals surface area contributed by atoms with Crippen molar-refractivity contribution < 1.29 is 64.4 Å². The number of carbonyl (C=O) groups excluding carboxylic acids is 2. The Labute approximate surface area is 247 Å². The summed E-state index contributed by atoms with van der Waals surface area (Å²) in [7, 11) is 0. The summed E-state index contributed by atoms with van der Waals surface area (Å²) in [6.07, 6.45) is -17.5. The number of aromatic nitrogens is 1. The summed E-state index contributed by atoms with van der Waals surface area (Å²) in [5.74, 6) is -1.87. The first kappa shape index (κ1) is 33.9. The molecule has 0 saturated carbocycles. The zero-order valence-corrected chi connectivity index (χ0v) is 24.0. The second-order valence-electron chi connectivity index (χ2n) is 11.4. The number of carbonyl (C=O) groups is 2. The largest absolute Gasteiger partial charge is 0.430 e. The van der Waals surface area contributed by atoms with E-state index in [1.54, 1.807) is 6.92 Å². The number of halogens is 9. The summed E-state index contributed by atoms with van der Waals surface area (Å²) in [5, 5.41) is 29.8. The van der Waals surface area contributed by atoms with E-state index in [9.17, 15) is 64.4 Å². The Bertz CT molecular complexity index is 1440. The van der Waals surface area contributed by atoms with Gasteiger partial charge in [-0.25, -0.2) is 4.98 Å². The second kappa shape index (κ2) is 10.6. The van der Waals surface area contributed by atoms with E-state index in [0.717, 1.165) is 4.90 Å². The van der Waals surface area contributed by atoms with Crippen LogP contribution < -0.4 is 0 Å². The molecule has 1 atom stereocenters. The van der Waals surface area contributed by atoms with Crippen LogP contribution >= 0.6 is 11.3 Å². The first-order valence-electron chi connectivity index (χ1n) is 13.0. The topological polar surface area (TPSA) is 114 Å². The Morgan fingerprint density at radius 3 is 2.00 bits per heavy atom. The van der Waals surface area contributed by atoms with Gasteiger partial charge in [-0.15, -0.1) is 11.3 Å². The third-order valence-corrected chi connectivity index (χ3v) is 9.04. The average Bonchev–Trinajstić information content (AvgIpc) is 3.49. The first-order chi connectivity index (χ1) is 19.8. The van der Waals surface area contributed by atoms with E-state index in [1.807, 2.05) is 0 Å². The van der Waals surface area contributed by atoms with E-state index in [2.05, 4.69) is 4.98 Å². The Morgan fingerprint density at radius 2 is 1.55 bits per heavy atom. The summed E-state index contributed by atoms with van der Waals surface area (Å²) >= 11 is 0.248. The van der Waals surface area contributed by atoms with Crippen LogP contribution in [0.3, 0.4) is 0 Å². The van der Waals surface area contributed by atoms with Gasteiger partial charge in [-0.05, 0) is 39.7 Å². The van der Waals surface area contributed by atoms with Crippen LogP contribution in [-0.2, 0) is 11.8 Å². The SMILES string of the molecule is C[C@H]1CCCN1C(=O)c1nc(C(=O)N2CC(O)(C(C)(C)O)C2)sc1-c1ccc(C(O)(C(F)(F)F)C(F)(F)F)cc1C(F)(F)F. The molecule has 4 rings (SSSR count). The van der Waals surface area contributed by atoms with Crippen LogP contribution in [-0.4, -0.2) is 91.1 Å². The van der Waals surface area contributed by atoms with Gasteiger partial charge >= 0.3 is 18.5 Å². The zero-order chi connectivity index (χ0) is 33.4. The maximum atomic E-state index is 14.3. The van der Waals surface area contributed by atoms with Crippen LogP contribution in [0.4, 0.5) is 39.5 Å². The number of aliphatic hydroxyl groups is 3. The molecule has 3 N–H and O–H groups in total. The fraction of sp³-hybridized carbons (Fsp3) is 0.577. The fourth-order valence-electron chi connectivity index (χ4n) is 5.05. The maximum Gasteiger partial charge on any atom is 0.430 e. The van der Waals surface area contributed by atoms with E-state index in [4.69, 9.17) is 0 Å². The van der Waals surface area contributed by atoms with Crippen LogP contribution in [0.2, 0.25) is 0 Å². The quantitative estimate of drug-likeness (QED) is 0.399. The van der Waals surface area contributed by atoms with E-state index in [-0.39, 0.29) is 30.0 Å². The smallest absolute Gasteiger partial charge is 0.387 e. The van der Waals surface area contributed by atoms with Crippen molar-refractivity contribution in [3.05, 3.63) is 40.0 Å². The molecule has 44 heavy (non-hydrogen) atoms. The summed E-state index contributed by atoms with van der Waals surface area (Å²) in [5.41, 5.74) is -15.0. The van der Waals surface area contributed by atoms with Crippen LogP contribution in [0.15, 0.2) is 18.2 Å². The lowest BCUT2D eigenvalue weighted by Gasteiger charge is -2.52. The van der Waals surface area contributed by atoms with Gasteiger partial charge in [-0.2, -0.15) is 39.5 Å². The van der Waals surface area contributed by atoms with Gasteiger partial charge in [0.1, 0.15) is 11.3 Å². The molecule has 0 spiro atoms. The van der Waals surface area contributed by atoms with E-state index < -0.39 is 105 Å². The molecule has 3 heterocycles. The first-order valence-corrected chi connectivity index (χ1v) is 13.8. The van der Waals surface area contributed by atoms with E-state index in [0.29, 0.717) is 12.8 Å². The lowest BCUT2D eigenvalue weighted by atomic mass is 9.79. The average molecular weight is 664 g/mol. The molecule has 1 aromatic carbocycles. The molecule has 244 valence electrons. The van der Waals surface area contributed by atoms with Gasteiger partial charge in [0.05, 0.1) is 29.1 Å². The molecule has 2 fully saturated rings. The highest BCUT2D eigenvalue weighted by atomic mass is 32.1. The van der Waals surface area contributed by atoms with Crippen molar-refractivity contribution in [2.45, 2.75) is 75.0 Å². The van der Waals surface area contributed by atoms with Gasteiger partial charge in [-0.3, -0.25) is 9.59 Å². The number of alkyl halides is 9. The number of rotatable bonds is 5. The molecule has 1 aromatic heterocycles. The molecule has 0 radical (unpaired) electrons. The minimum Gasteiger partial charge on any atom is -0.387 e. The molecule has 8 nitrogen and oxygen atoms in total. The minimum absolute atomic E-state index is 0.0123. The van der Waals surface area contributed by atoms with Crippen LogP contribution in [0, 0.1) is 0 Å². The molecule has 0 aliphatic carbocycles. The van der Waals surface area contributed by atoms with Gasteiger partial charge in [0, 0.05) is 23.7 Å². The number of thiazole rings is 1. The van der Waals surface area contributed by atoms with Crippen LogP contribution in [0.5, 0.6) is 0 Å². The standard InChI is InChI=1S/C26H26F9N3O5S/c1-12-5-4-8-38(12)19(39)16-17(44-18(36-16)20(40)37-10-22(42,11-37)21(2,3)41)14-7-6-13(9-15(14)24(27,28)29)23(43,25(30,31)32)26(33,34)35/h6-7,9,12,41-43H,4-5,8,10-11H2,1-3H3/t12-/m0/s1. The van der Waals surface area contributed by atoms with Gasteiger partial charge in [0.15, 0.2) is 5.01 Å². The van der Waals surface area contributed by atoms with Gasteiger partial charge < -0.3 is 25.1 Å². The Balaban J connectivity index is 1.89. The fourth-order valence-corrected chi connectivity index (χ4v) is 6.12. The normalized spacial score (nSPS) is 19.8. The maximum absolute atomic E-state index is 14.3. The Hall–Kier alpha value is -2.96. The molecular formula is C26H26F9N3O5S. The summed E-state index contributed by atoms with van der Waals surface area (Å²) in [6, 6.07) is -0.628. The van der Waals surface area contributed by atoms with Crippen molar-refractivity contribution in [2.24, 2.45) is 0 Å². The highest BCUT2D eigenvalue weighted by Gasteiger charge is 2.71. The molecule has 2 aliphatic heterocycles. The Kier molecular flexibility index (Phi) is 8.14. The predicted octanol–water partition coefficient (Wildman–Crippen LogP) is 4.72. The van der Waals surface area contributed by atoms with Gasteiger partial charge in [0.2, 0.25) is 0 Å². The van der Waals surface area contributed by atoms with Crippen molar-refractivity contribution in [3.8, 4) is 10.4 Å². The van der Waals surface area contributed by atoms with Crippen molar-refractivity contribution in [3.63, 3.8) is 0 Å². The molecule has 2 aromatic rings. The predicted molar refractivity (Wildman–Crippen MR) is 135 cm³/mol. The number of likely N-dealkylation sites (tertiary alicyclic amines) is 2. The molecule has 2 saturated heterocycles. The molecular weight excluding hydrogens is 637 g/mol. The number of nitrogens with zero attached hydrogens (tertiary/aromatic N) is 3. The number of amides is 2. The molecule has 0 bridgehead atoms. The van der Waals surface area contributed by atoms with Crippen molar-refractivity contribution in [2.75, 3.05) is 19.6 Å². The van der Waals surface area contributed by atoms with Crippen LogP contribution in [0.25, 0.3) is 10.4 Å². The van der Waals surface area contributed by atoms with Crippen LogP contribution in [0.1, 0.15) is 65.0 Å². The summed E-state index contributed by atoms with van der Waals surface area (Å²) < 4.78 is 124. The van der Waals surface area contributed by atoms with Gasteiger partial charge in [0.25, 0.3) is 17.4 Å². The number of hydrogen-bond acceptors (Lipinski definition) is 7. The third-order valence-electron chi connectivity index (χ3n) is 7.97. The summed E-state index contributed by atoms with van der Waals surface area (Å²) in [6.45, 7) is 3.56. The third kappa shape index (κ3) is 5.53. The highest BCUT2D eigenvalue weighted by molar-refractivity contribution is 7.17. The second-order valence-corrected chi connectivity index (χ2v) is 12.4. The number of benzene rings is 1. The van der Waals surface area contributed by atoms with E-state index in [1.165, 1.54) is 18.7 Å². The molecule has 2 aliphatic rings. The van der Waals surface area contributed by atoms with E-state index >= 15 is 0 Å².